The summed E-state index contributed by atoms with van der Waals surface area (Å²) in [7, 11) is 0. The summed E-state index contributed by atoms with van der Waals surface area (Å²) in [5.74, 6) is 0.00231. The van der Waals surface area contributed by atoms with Crippen molar-refractivity contribution in [2.75, 3.05) is 11.5 Å². The molecule has 0 radical (unpaired) electrons. The summed E-state index contributed by atoms with van der Waals surface area (Å²) in [6.07, 6.45) is 5.46. The molecule has 3 rings (SSSR count). The highest BCUT2D eigenvalue weighted by Gasteiger charge is 2.27. The van der Waals surface area contributed by atoms with E-state index in [0.29, 0.717) is 11.3 Å². The Kier molecular flexibility index (Phi) is 7.28. The van der Waals surface area contributed by atoms with Gasteiger partial charge in [-0.05, 0) is 63.1 Å². The zero-order valence-electron chi connectivity index (χ0n) is 17.2. The molecule has 0 N–H and O–H groups in total. The van der Waals surface area contributed by atoms with Crippen molar-refractivity contribution in [3.63, 3.8) is 0 Å². The average Bonchev–Trinajstić information content (AvgIpc) is 2.74. The van der Waals surface area contributed by atoms with E-state index in [1.54, 1.807) is 24.3 Å². The van der Waals surface area contributed by atoms with Gasteiger partial charge in [0.05, 0.1) is 11.7 Å². The largest absolute Gasteiger partial charge is 0.491 e. The first-order valence-corrected chi connectivity index (χ1v) is 10.4. The van der Waals surface area contributed by atoms with E-state index >= 15 is 0 Å². The van der Waals surface area contributed by atoms with Gasteiger partial charge in [0, 0.05) is 11.7 Å². The minimum atomic E-state index is -0.508. The van der Waals surface area contributed by atoms with Crippen LogP contribution >= 0.6 is 0 Å². The van der Waals surface area contributed by atoms with Crippen LogP contribution in [-0.2, 0) is 9.53 Å². The molecule has 0 saturated heterocycles. The fourth-order valence-corrected chi connectivity index (χ4v) is 3.71. The first kappa shape index (κ1) is 20.9. The van der Waals surface area contributed by atoms with E-state index < -0.39 is 5.97 Å². The summed E-state index contributed by atoms with van der Waals surface area (Å²) >= 11 is 0. The van der Waals surface area contributed by atoms with Crippen molar-refractivity contribution in [3.8, 4) is 5.75 Å². The molecule has 0 atom stereocenters. The minimum absolute atomic E-state index is 0.0641. The van der Waals surface area contributed by atoms with Gasteiger partial charge in [-0.25, -0.2) is 4.79 Å². The first-order chi connectivity index (χ1) is 14.0. The van der Waals surface area contributed by atoms with Crippen molar-refractivity contribution in [2.24, 2.45) is 0 Å². The first-order valence-electron chi connectivity index (χ1n) is 10.4. The van der Waals surface area contributed by atoms with Gasteiger partial charge in [-0.1, -0.05) is 37.5 Å². The number of benzene rings is 2. The number of carbonyl (C=O) groups excluding carboxylic acids is 2. The Morgan fingerprint density at radius 2 is 1.62 bits per heavy atom. The lowest BCUT2D eigenvalue weighted by atomic mass is 9.93. The van der Waals surface area contributed by atoms with Gasteiger partial charge < -0.3 is 14.4 Å². The molecule has 0 spiro atoms. The smallest absolute Gasteiger partial charge is 0.338 e. The summed E-state index contributed by atoms with van der Waals surface area (Å²) in [5.41, 5.74) is 1.26. The molecule has 1 saturated carbocycles. The van der Waals surface area contributed by atoms with Gasteiger partial charge in [-0.3, -0.25) is 4.79 Å². The monoisotopic (exact) mass is 395 g/mol. The van der Waals surface area contributed by atoms with Crippen molar-refractivity contribution in [2.45, 2.75) is 58.1 Å². The van der Waals surface area contributed by atoms with E-state index in [1.807, 2.05) is 49.1 Å². The molecule has 1 amide bonds. The van der Waals surface area contributed by atoms with Crippen LogP contribution in [0.5, 0.6) is 5.75 Å². The van der Waals surface area contributed by atoms with Crippen molar-refractivity contribution in [1.29, 1.82) is 0 Å². The maximum absolute atomic E-state index is 13.0. The summed E-state index contributed by atoms with van der Waals surface area (Å²) in [5, 5.41) is 0. The molecular formula is C24H29NO4. The summed E-state index contributed by atoms with van der Waals surface area (Å²) in [6, 6.07) is 16.6. The Hall–Kier alpha value is -2.82. The van der Waals surface area contributed by atoms with Gasteiger partial charge in [0.25, 0.3) is 5.91 Å². The second-order valence-electron chi connectivity index (χ2n) is 7.66. The summed E-state index contributed by atoms with van der Waals surface area (Å²) < 4.78 is 10.9. The lowest BCUT2D eigenvalue weighted by molar-refractivity contribution is -0.122. The Morgan fingerprint density at radius 1 is 0.966 bits per heavy atom. The maximum atomic E-state index is 13.0. The van der Waals surface area contributed by atoms with Crippen LogP contribution in [0.15, 0.2) is 54.6 Å². The molecule has 29 heavy (non-hydrogen) atoms. The molecule has 5 heteroatoms. The number of carbonyl (C=O) groups is 2. The second-order valence-corrected chi connectivity index (χ2v) is 7.66. The van der Waals surface area contributed by atoms with Crippen molar-refractivity contribution < 1.29 is 19.1 Å². The van der Waals surface area contributed by atoms with Gasteiger partial charge >= 0.3 is 5.97 Å². The predicted octanol–water partition coefficient (Wildman–Crippen LogP) is 5.00. The molecule has 1 aliphatic rings. The minimum Gasteiger partial charge on any atom is -0.491 e. The Morgan fingerprint density at radius 3 is 2.24 bits per heavy atom. The third kappa shape index (κ3) is 5.83. The molecule has 5 nitrogen and oxygen atoms in total. The van der Waals surface area contributed by atoms with Crippen LogP contribution < -0.4 is 9.64 Å². The summed E-state index contributed by atoms with van der Waals surface area (Å²) in [6.45, 7) is 3.62. The van der Waals surface area contributed by atoms with E-state index in [4.69, 9.17) is 9.47 Å². The molecule has 0 aromatic heterocycles. The third-order valence-electron chi connectivity index (χ3n) is 5.03. The highest BCUT2D eigenvalue weighted by molar-refractivity contribution is 5.97. The molecule has 2 aromatic rings. The third-order valence-corrected chi connectivity index (χ3v) is 5.03. The number of para-hydroxylation sites is 1. The molecule has 0 aliphatic heterocycles. The van der Waals surface area contributed by atoms with Crippen LogP contribution in [0.4, 0.5) is 5.69 Å². The van der Waals surface area contributed by atoms with Crippen LogP contribution in [0.25, 0.3) is 0 Å². The van der Waals surface area contributed by atoms with Crippen LogP contribution in [0.2, 0.25) is 0 Å². The molecular weight excluding hydrogens is 366 g/mol. The van der Waals surface area contributed by atoms with Crippen LogP contribution in [-0.4, -0.2) is 30.6 Å². The number of nitrogens with zero attached hydrogens (tertiary/aromatic N) is 1. The van der Waals surface area contributed by atoms with Crippen molar-refractivity contribution >= 4 is 17.6 Å². The molecule has 0 unspecified atom stereocenters. The Labute approximate surface area is 172 Å². The molecule has 1 aliphatic carbocycles. The van der Waals surface area contributed by atoms with E-state index in [1.165, 1.54) is 6.42 Å². The number of hydrogen-bond donors (Lipinski definition) is 0. The number of rotatable bonds is 7. The molecule has 0 heterocycles. The maximum Gasteiger partial charge on any atom is 0.338 e. The van der Waals surface area contributed by atoms with Crippen LogP contribution in [0, 0.1) is 0 Å². The van der Waals surface area contributed by atoms with Gasteiger partial charge in [-0.15, -0.1) is 0 Å². The van der Waals surface area contributed by atoms with Crippen LogP contribution in [0.1, 0.15) is 56.3 Å². The molecule has 154 valence electrons. The zero-order chi connectivity index (χ0) is 20.6. The van der Waals surface area contributed by atoms with Gasteiger partial charge in [0.15, 0.2) is 6.61 Å². The molecule has 0 bridgehead atoms. The van der Waals surface area contributed by atoms with Gasteiger partial charge in [0.1, 0.15) is 5.75 Å². The lowest BCUT2D eigenvalue weighted by Gasteiger charge is -2.34. The number of anilines is 1. The molecule has 1 fully saturated rings. The average molecular weight is 395 g/mol. The predicted molar refractivity (Wildman–Crippen MR) is 113 cm³/mol. The number of esters is 1. The highest BCUT2D eigenvalue weighted by atomic mass is 16.5. The summed E-state index contributed by atoms with van der Waals surface area (Å²) in [4.78, 5) is 27.2. The number of hydrogen-bond acceptors (Lipinski definition) is 4. The number of amides is 1. The van der Waals surface area contributed by atoms with E-state index in [2.05, 4.69) is 0 Å². The standard InChI is InChI=1S/C24H29NO4/c1-18(2)29-22-15-13-19(14-16-22)24(27)28-17-23(26)25(20-9-5-3-6-10-20)21-11-7-4-8-12-21/h3,5-6,9-10,13-16,18,21H,4,7-8,11-12,17H2,1-2H3. The van der Waals surface area contributed by atoms with E-state index in [9.17, 15) is 9.59 Å². The van der Waals surface area contributed by atoms with Gasteiger partial charge in [-0.2, -0.15) is 0 Å². The van der Waals surface area contributed by atoms with Crippen molar-refractivity contribution in [1.82, 2.24) is 0 Å². The fraction of sp³-hybridized carbons (Fsp3) is 0.417. The highest BCUT2D eigenvalue weighted by Crippen LogP contribution is 2.27. The molecule has 2 aromatic carbocycles. The Balaban J connectivity index is 1.64. The van der Waals surface area contributed by atoms with Crippen LogP contribution in [0.3, 0.4) is 0 Å². The lowest BCUT2D eigenvalue weighted by Crippen LogP contribution is -2.43. The van der Waals surface area contributed by atoms with Crippen molar-refractivity contribution in [3.05, 3.63) is 60.2 Å². The normalized spacial score (nSPS) is 14.4. The second kappa shape index (κ2) is 10.1. The quantitative estimate of drug-likeness (QED) is 0.619. The van der Waals surface area contributed by atoms with E-state index in [0.717, 1.165) is 31.4 Å². The van der Waals surface area contributed by atoms with Gasteiger partial charge in [0.2, 0.25) is 0 Å². The SMILES string of the molecule is CC(C)Oc1ccc(C(=O)OCC(=O)N(c2ccccc2)C2CCCCC2)cc1. The zero-order valence-corrected chi connectivity index (χ0v) is 17.2. The van der Waals surface area contributed by atoms with E-state index in [-0.39, 0.29) is 24.7 Å². The number of ether oxygens (including phenoxy) is 2. The topological polar surface area (TPSA) is 55.8 Å². The fourth-order valence-electron chi connectivity index (χ4n) is 3.71. The Bertz CT molecular complexity index is 795.